The Bertz CT molecular complexity index is 365. The van der Waals surface area contributed by atoms with E-state index >= 15 is 0 Å². The molecule has 0 aromatic carbocycles. The van der Waals surface area contributed by atoms with Crippen molar-refractivity contribution in [2.75, 3.05) is 6.54 Å². The molecule has 0 aliphatic heterocycles. The van der Waals surface area contributed by atoms with E-state index in [0.29, 0.717) is 29.3 Å². The third-order valence-electron chi connectivity index (χ3n) is 4.81. The number of carbonyl (C=O) groups is 1. The van der Waals surface area contributed by atoms with E-state index < -0.39 is 0 Å². The van der Waals surface area contributed by atoms with Crippen LogP contribution in [0.2, 0.25) is 0 Å². The molecule has 1 saturated carbocycles. The van der Waals surface area contributed by atoms with Gasteiger partial charge in [-0.3, -0.25) is 4.79 Å². The molecule has 1 aliphatic carbocycles. The van der Waals surface area contributed by atoms with Gasteiger partial charge in [0.25, 0.3) is 0 Å². The van der Waals surface area contributed by atoms with Crippen molar-refractivity contribution in [2.24, 2.45) is 23.0 Å². The molecule has 1 rings (SSSR count). The molecule has 0 unspecified atom stereocenters. The Kier molecular flexibility index (Phi) is 6.64. The molecule has 0 saturated heterocycles. The van der Waals surface area contributed by atoms with Gasteiger partial charge in [0, 0.05) is 24.9 Å². The largest absolute Gasteiger partial charge is 0.393 e. The molecular formula is C17H32N2OS. The lowest BCUT2D eigenvalue weighted by atomic mass is 9.69. The number of hydrogen-bond acceptors (Lipinski definition) is 2. The Morgan fingerprint density at radius 2 is 1.76 bits per heavy atom. The van der Waals surface area contributed by atoms with Crippen LogP contribution >= 0.6 is 12.2 Å². The maximum atomic E-state index is 12.8. The highest BCUT2D eigenvalue weighted by Crippen LogP contribution is 2.40. The molecule has 0 spiro atoms. The summed E-state index contributed by atoms with van der Waals surface area (Å²) in [5, 5.41) is 0. The Hall–Kier alpha value is -0.640. The first kappa shape index (κ1) is 18.4. The standard InChI is InChI=1S/C17H32N2OS/c1-12(2)19(11-10-15(18)21)16(20)13-6-8-14(9-7-13)17(3,4)5/h12-14H,6-11H2,1-5H3,(H2,18,21). The van der Waals surface area contributed by atoms with Crippen molar-refractivity contribution in [3.8, 4) is 0 Å². The summed E-state index contributed by atoms with van der Waals surface area (Å²) in [6.45, 7) is 11.7. The minimum atomic E-state index is 0.192. The number of thiocarbonyl (C=S) groups is 1. The van der Waals surface area contributed by atoms with Crippen molar-refractivity contribution < 1.29 is 4.79 Å². The highest BCUT2D eigenvalue weighted by molar-refractivity contribution is 7.80. The van der Waals surface area contributed by atoms with E-state index in [4.69, 9.17) is 18.0 Å². The number of carbonyl (C=O) groups excluding carboxylic acids is 1. The SMILES string of the molecule is CC(C)N(CCC(N)=S)C(=O)C1CCC(C(C)(C)C)CC1. The van der Waals surface area contributed by atoms with Crippen LogP contribution in [-0.4, -0.2) is 28.4 Å². The second kappa shape index (κ2) is 7.57. The topological polar surface area (TPSA) is 46.3 Å². The Morgan fingerprint density at radius 1 is 1.24 bits per heavy atom. The summed E-state index contributed by atoms with van der Waals surface area (Å²) >= 11 is 4.94. The lowest BCUT2D eigenvalue weighted by Gasteiger charge is -2.38. The van der Waals surface area contributed by atoms with Gasteiger partial charge in [-0.15, -0.1) is 0 Å². The van der Waals surface area contributed by atoms with Crippen molar-refractivity contribution in [3.05, 3.63) is 0 Å². The van der Waals surface area contributed by atoms with Crippen LogP contribution in [0.1, 0.15) is 66.7 Å². The number of nitrogens with two attached hydrogens (primary N) is 1. The maximum Gasteiger partial charge on any atom is 0.225 e. The molecule has 0 aromatic heterocycles. The van der Waals surface area contributed by atoms with Crippen LogP contribution in [0.3, 0.4) is 0 Å². The van der Waals surface area contributed by atoms with Gasteiger partial charge in [-0.1, -0.05) is 33.0 Å². The van der Waals surface area contributed by atoms with Crippen molar-refractivity contribution in [1.82, 2.24) is 4.90 Å². The maximum absolute atomic E-state index is 12.8. The van der Waals surface area contributed by atoms with E-state index in [0.717, 1.165) is 18.8 Å². The molecule has 0 aromatic rings. The molecule has 1 aliphatic rings. The summed E-state index contributed by atoms with van der Waals surface area (Å²) in [6, 6.07) is 0.215. The van der Waals surface area contributed by atoms with Crippen molar-refractivity contribution in [1.29, 1.82) is 0 Å². The fourth-order valence-corrected chi connectivity index (χ4v) is 3.39. The number of amides is 1. The molecule has 1 amide bonds. The summed E-state index contributed by atoms with van der Waals surface area (Å²) in [7, 11) is 0. The van der Waals surface area contributed by atoms with E-state index in [1.165, 1.54) is 12.8 Å². The zero-order valence-electron chi connectivity index (χ0n) is 14.3. The van der Waals surface area contributed by atoms with Crippen LogP contribution in [0.5, 0.6) is 0 Å². The van der Waals surface area contributed by atoms with E-state index in [1.54, 1.807) is 0 Å². The van der Waals surface area contributed by atoms with Crippen molar-refractivity contribution >= 4 is 23.1 Å². The molecule has 0 bridgehead atoms. The molecule has 122 valence electrons. The minimum absolute atomic E-state index is 0.192. The van der Waals surface area contributed by atoms with E-state index in [1.807, 2.05) is 4.90 Å². The van der Waals surface area contributed by atoms with Crippen LogP contribution in [0.4, 0.5) is 0 Å². The summed E-state index contributed by atoms with van der Waals surface area (Å²) in [5.41, 5.74) is 5.94. The molecule has 0 radical (unpaired) electrons. The molecule has 3 nitrogen and oxygen atoms in total. The average Bonchev–Trinajstić information content (AvgIpc) is 2.37. The quantitative estimate of drug-likeness (QED) is 0.786. The summed E-state index contributed by atoms with van der Waals surface area (Å²) < 4.78 is 0. The predicted octanol–water partition coefficient (Wildman–Crippen LogP) is 3.75. The number of hydrogen-bond donors (Lipinski definition) is 1. The molecular weight excluding hydrogens is 280 g/mol. The normalized spacial score (nSPS) is 23.1. The second-order valence-electron chi connectivity index (χ2n) is 7.76. The first-order chi connectivity index (χ1) is 9.62. The highest BCUT2D eigenvalue weighted by atomic mass is 32.1. The monoisotopic (exact) mass is 312 g/mol. The number of nitrogens with zero attached hydrogens (tertiary/aromatic N) is 1. The molecule has 0 heterocycles. The summed E-state index contributed by atoms with van der Waals surface area (Å²) in [5.74, 6) is 1.23. The Labute approximate surface area is 135 Å². The van der Waals surface area contributed by atoms with E-state index in [-0.39, 0.29) is 12.0 Å². The zero-order chi connectivity index (χ0) is 16.2. The van der Waals surface area contributed by atoms with E-state index in [9.17, 15) is 4.79 Å². The van der Waals surface area contributed by atoms with Gasteiger partial charge in [-0.2, -0.15) is 0 Å². The number of rotatable bonds is 5. The Morgan fingerprint density at radius 3 is 2.14 bits per heavy atom. The molecule has 1 fully saturated rings. The van der Waals surface area contributed by atoms with Gasteiger partial charge in [0.2, 0.25) is 5.91 Å². The third kappa shape index (κ3) is 5.57. The van der Waals surface area contributed by atoms with Crippen molar-refractivity contribution in [3.63, 3.8) is 0 Å². The fourth-order valence-electron chi connectivity index (χ4n) is 3.29. The third-order valence-corrected chi connectivity index (χ3v) is 5.01. The minimum Gasteiger partial charge on any atom is -0.393 e. The Balaban J connectivity index is 2.59. The van der Waals surface area contributed by atoms with Gasteiger partial charge in [-0.25, -0.2) is 0 Å². The van der Waals surface area contributed by atoms with E-state index in [2.05, 4.69) is 34.6 Å². The van der Waals surface area contributed by atoms with Gasteiger partial charge in [-0.05, 0) is 50.9 Å². The molecule has 0 atom stereocenters. The first-order valence-corrected chi connectivity index (χ1v) is 8.62. The van der Waals surface area contributed by atoms with Crippen LogP contribution < -0.4 is 5.73 Å². The van der Waals surface area contributed by atoms with Gasteiger partial charge < -0.3 is 10.6 Å². The van der Waals surface area contributed by atoms with Gasteiger partial charge in [0.15, 0.2) is 0 Å². The van der Waals surface area contributed by atoms with Gasteiger partial charge in [0.05, 0.1) is 4.99 Å². The lowest BCUT2D eigenvalue weighted by Crippen LogP contribution is -2.43. The molecule has 21 heavy (non-hydrogen) atoms. The van der Waals surface area contributed by atoms with Gasteiger partial charge in [0.1, 0.15) is 0 Å². The van der Waals surface area contributed by atoms with Crippen molar-refractivity contribution in [2.45, 2.75) is 72.8 Å². The summed E-state index contributed by atoms with van der Waals surface area (Å²) in [4.78, 5) is 15.2. The lowest BCUT2D eigenvalue weighted by molar-refractivity contribution is -0.138. The zero-order valence-corrected chi connectivity index (χ0v) is 15.1. The highest BCUT2D eigenvalue weighted by Gasteiger charge is 2.34. The van der Waals surface area contributed by atoms with Crippen LogP contribution in [0.25, 0.3) is 0 Å². The first-order valence-electron chi connectivity index (χ1n) is 8.21. The second-order valence-corrected chi connectivity index (χ2v) is 8.28. The fraction of sp³-hybridized carbons (Fsp3) is 0.882. The molecule has 2 N–H and O–H groups in total. The van der Waals surface area contributed by atoms with Crippen LogP contribution in [0, 0.1) is 17.3 Å². The summed E-state index contributed by atoms with van der Waals surface area (Å²) in [6.07, 6.45) is 5.01. The average molecular weight is 313 g/mol. The van der Waals surface area contributed by atoms with Gasteiger partial charge >= 0.3 is 0 Å². The smallest absolute Gasteiger partial charge is 0.225 e. The van der Waals surface area contributed by atoms with Crippen LogP contribution in [0.15, 0.2) is 0 Å². The molecule has 4 heteroatoms. The predicted molar refractivity (Wildman–Crippen MR) is 93.2 cm³/mol. The van der Waals surface area contributed by atoms with Crippen LogP contribution in [-0.2, 0) is 4.79 Å².